The van der Waals surface area contributed by atoms with E-state index in [4.69, 9.17) is 19.3 Å². The van der Waals surface area contributed by atoms with Gasteiger partial charge in [0.2, 0.25) is 5.95 Å². The molecule has 0 bridgehead atoms. The summed E-state index contributed by atoms with van der Waals surface area (Å²) < 4.78 is 16.2. The zero-order chi connectivity index (χ0) is 14.9. The fourth-order valence-corrected chi connectivity index (χ4v) is 1.82. The molecular weight excluding hydrogens is 278 g/mol. The van der Waals surface area contributed by atoms with E-state index in [0.717, 1.165) is 0 Å². The van der Waals surface area contributed by atoms with Gasteiger partial charge in [-0.1, -0.05) is 0 Å². The van der Waals surface area contributed by atoms with Crippen molar-refractivity contribution in [2.24, 2.45) is 0 Å². The number of carbonyl (C=O) groups is 1. The van der Waals surface area contributed by atoms with Gasteiger partial charge in [-0.2, -0.15) is 0 Å². The van der Waals surface area contributed by atoms with Gasteiger partial charge in [-0.05, 0) is 6.07 Å². The fourth-order valence-electron chi connectivity index (χ4n) is 1.82. The van der Waals surface area contributed by atoms with E-state index in [0.29, 0.717) is 58.7 Å². The molecule has 1 saturated heterocycles. The van der Waals surface area contributed by atoms with Crippen LogP contribution in [-0.4, -0.2) is 73.8 Å². The standard InChI is InChI=1S/C13H19N3O5/c17-12(18)11-1-2-14-13(15-11)16-3-5-19-7-9-21-10-8-20-6-4-16/h1-2H,3-10H2,(H,17,18). The Morgan fingerprint density at radius 2 is 1.62 bits per heavy atom. The normalized spacial score (nSPS) is 18.6. The van der Waals surface area contributed by atoms with Gasteiger partial charge < -0.3 is 24.2 Å². The average molecular weight is 297 g/mol. The van der Waals surface area contributed by atoms with E-state index in [1.165, 1.54) is 12.3 Å². The average Bonchev–Trinajstić information content (AvgIpc) is 2.48. The smallest absolute Gasteiger partial charge is 0.354 e. The highest BCUT2D eigenvalue weighted by molar-refractivity contribution is 5.85. The lowest BCUT2D eigenvalue weighted by Crippen LogP contribution is -2.33. The molecular formula is C13H19N3O5. The lowest BCUT2D eigenvalue weighted by Gasteiger charge is -2.23. The molecule has 1 aliphatic rings. The van der Waals surface area contributed by atoms with Gasteiger partial charge in [0.25, 0.3) is 0 Å². The third-order valence-electron chi connectivity index (χ3n) is 2.90. The molecule has 1 fully saturated rings. The second kappa shape index (κ2) is 8.50. The monoisotopic (exact) mass is 297 g/mol. The summed E-state index contributed by atoms with van der Waals surface area (Å²) >= 11 is 0. The summed E-state index contributed by atoms with van der Waals surface area (Å²) in [5.74, 6) is -0.701. The molecule has 0 atom stereocenters. The second-order valence-corrected chi connectivity index (χ2v) is 4.37. The summed E-state index contributed by atoms with van der Waals surface area (Å²) in [5.41, 5.74) is -0.0265. The molecule has 0 aliphatic carbocycles. The second-order valence-electron chi connectivity index (χ2n) is 4.37. The summed E-state index contributed by atoms with van der Waals surface area (Å²) in [7, 11) is 0. The molecule has 116 valence electrons. The van der Waals surface area contributed by atoms with E-state index in [9.17, 15) is 4.79 Å². The molecule has 0 saturated carbocycles. The SMILES string of the molecule is O=C(O)c1ccnc(N2CCOCCOCCOCC2)n1. The van der Waals surface area contributed by atoms with Gasteiger partial charge in [0.05, 0.1) is 39.6 Å². The number of hydrogen-bond acceptors (Lipinski definition) is 7. The Bertz CT molecular complexity index is 445. The maximum Gasteiger partial charge on any atom is 0.354 e. The lowest BCUT2D eigenvalue weighted by molar-refractivity contribution is 0.0125. The first kappa shape index (κ1) is 15.6. The number of anilines is 1. The van der Waals surface area contributed by atoms with Crippen LogP contribution in [0.15, 0.2) is 12.3 Å². The number of nitrogens with zero attached hydrogens (tertiary/aromatic N) is 3. The molecule has 0 spiro atoms. The number of aromatic nitrogens is 2. The van der Waals surface area contributed by atoms with Crippen molar-refractivity contribution in [3.8, 4) is 0 Å². The van der Waals surface area contributed by atoms with Crippen molar-refractivity contribution in [1.82, 2.24) is 9.97 Å². The summed E-state index contributed by atoms with van der Waals surface area (Å²) in [6, 6.07) is 1.37. The van der Waals surface area contributed by atoms with Crippen LogP contribution in [0.2, 0.25) is 0 Å². The van der Waals surface area contributed by atoms with Gasteiger partial charge in [-0.15, -0.1) is 0 Å². The first-order valence-electron chi connectivity index (χ1n) is 6.82. The minimum Gasteiger partial charge on any atom is -0.477 e. The molecule has 2 heterocycles. The highest BCUT2D eigenvalue weighted by Crippen LogP contribution is 2.08. The van der Waals surface area contributed by atoms with Crippen molar-refractivity contribution < 1.29 is 24.1 Å². The third kappa shape index (κ3) is 5.25. The minimum absolute atomic E-state index is 0.0265. The molecule has 8 heteroatoms. The van der Waals surface area contributed by atoms with Gasteiger partial charge in [-0.3, -0.25) is 0 Å². The first-order valence-corrected chi connectivity index (χ1v) is 6.82. The quantitative estimate of drug-likeness (QED) is 0.818. The zero-order valence-electron chi connectivity index (χ0n) is 11.7. The van der Waals surface area contributed by atoms with Crippen LogP contribution in [-0.2, 0) is 14.2 Å². The number of rotatable bonds is 2. The first-order chi connectivity index (χ1) is 10.3. The Morgan fingerprint density at radius 3 is 2.19 bits per heavy atom. The van der Waals surface area contributed by atoms with E-state index < -0.39 is 5.97 Å². The summed E-state index contributed by atoms with van der Waals surface area (Å²) in [5, 5.41) is 8.99. The number of hydrogen-bond donors (Lipinski definition) is 1. The van der Waals surface area contributed by atoms with Gasteiger partial charge in [-0.25, -0.2) is 14.8 Å². The predicted molar refractivity (Wildman–Crippen MR) is 73.7 cm³/mol. The molecule has 0 amide bonds. The number of ether oxygens (including phenoxy) is 3. The maximum atomic E-state index is 11.0. The van der Waals surface area contributed by atoms with E-state index in [2.05, 4.69) is 9.97 Å². The highest BCUT2D eigenvalue weighted by Gasteiger charge is 2.13. The van der Waals surface area contributed by atoms with Crippen molar-refractivity contribution in [3.63, 3.8) is 0 Å². The van der Waals surface area contributed by atoms with Crippen molar-refractivity contribution in [2.45, 2.75) is 0 Å². The Hall–Kier alpha value is -1.77. The maximum absolute atomic E-state index is 11.0. The van der Waals surface area contributed by atoms with Gasteiger partial charge in [0.1, 0.15) is 0 Å². The van der Waals surface area contributed by atoms with Crippen LogP contribution in [0, 0.1) is 0 Å². The molecule has 1 aromatic heterocycles. The highest BCUT2D eigenvalue weighted by atomic mass is 16.5. The Morgan fingerprint density at radius 1 is 1.05 bits per heavy atom. The number of carboxylic acids is 1. The fraction of sp³-hybridized carbons (Fsp3) is 0.615. The Labute approximate surface area is 122 Å². The van der Waals surface area contributed by atoms with Crippen molar-refractivity contribution >= 4 is 11.9 Å². The number of carboxylic acid groups (broad SMARTS) is 1. The van der Waals surface area contributed by atoms with Crippen LogP contribution >= 0.6 is 0 Å². The number of aromatic carboxylic acids is 1. The minimum atomic E-state index is -1.07. The van der Waals surface area contributed by atoms with Crippen LogP contribution in [0.3, 0.4) is 0 Å². The topological polar surface area (TPSA) is 94.0 Å². The van der Waals surface area contributed by atoms with Crippen LogP contribution in [0.5, 0.6) is 0 Å². The molecule has 1 N–H and O–H groups in total. The molecule has 0 unspecified atom stereocenters. The Balaban J connectivity index is 2.02. The van der Waals surface area contributed by atoms with E-state index >= 15 is 0 Å². The van der Waals surface area contributed by atoms with Crippen molar-refractivity contribution in [2.75, 3.05) is 57.6 Å². The molecule has 2 rings (SSSR count). The van der Waals surface area contributed by atoms with Crippen molar-refractivity contribution in [1.29, 1.82) is 0 Å². The van der Waals surface area contributed by atoms with Gasteiger partial charge in [0.15, 0.2) is 5.69 Å². The van der Waals surface area contributed by atoms with Crippen LogP contribution in [0.4, 0.5) is 5.95 Å². The van der Waals surface area contributed by atoms with E-state index in [1.54, 1.807) is 0 Å². The lowest BCUT2D eigenvalue weighted by atomic mass is 10.4. The summed E-state index contributed by atoms with van der Waals surface area (Å²) in [6.07, 6.45) is 1.44. The third-order valence-corrected chi connectivity index (χ3v) is 2.90. The molecule has 21 heavy (non-hydrogen) atoms. The zero-order valence-corrected chi connectivity index (χ0v) is 11.7. The molecule has 0 radical (unpaired) electrons. The van der Waals surface area contributed by atoms with E-state index in [-0.39, 0.29) is 5.69 Å². The summed E-state index contributed by atoms with van der Waals surface area (Å²) in [6.45, 7) is 4.21. The molecule has 1 aromatic rings. The van der Waals surface area contributed by atoms with Gasteiger partial charge in [0, 0.05) is 19.3 Å². The van der Waals surface area contributed by atoms with Crippen LogP contribution in [0.1, 0.15) is 10.5 Å². The largest absolute Gasteiger partial charge is 0.477 e. The van der Waals surface area contributed by atoms with Crippen LogP contribution < -0.4 is 4.90 Å². The van der Waals surface area contributed by atoms with Crippen LogP contribution in [0.25, 0.3) is 0 Å². The summed E-state index contributed by atoms with van der Waals surface area (Å²) in [4.78, 5) is 21.0. The molecule has 8 nitrogen and oxygen atoms in total. The van der Waals surface area contributed by atoms with E-state index in [1.807, 2.05) is 4.90 Å². The molecule has 1 aliphatic heterocycles. The predicted octanol–water partition coefficient (Wildman–Crippen LogP) is 0.0446. The van der Waals surface area contributed by atoms with Gasteiger partial charge >= 0.3 is 5.97 Å². The van der Waals surface area contributed by atoms with Crippen molar-refractivity contribution in [3.05, 3.63) is 18.0 Å². The Kier molecular flexibility index (Phi) is 6.32. The molecule has 0 aromatic carbocycles.